The van der Waals surface area contributed by atoms with Crippen LogP contribution in [0.4, 0.5) is 0 Å². The van der Waals surface area contributed by atoms with Gasteiger partial charge in [-0.05, 0) is 32.4 Å². The van der Waals surface area contributed by atoms with E-state index in [2.05, 4.69) is 39.9 Å². The van der Waals surface area contributed by atoms with Gasteiger partial charge in [0.1, 0.15) is 0 Å². The van der Waals surface area contributed by atoms with Gasteiger partial charge >= 0.3 is 0 Å². The summed E-state index contributed by atoms with van der Waals surface area (Å²) in [4.78, 5) is 0. The van der Waals surface area contributed by atoms with Gasteiger partial charge in [-0.2, -0.15) is 0 Å². The molecule has 0 aromatic carbocycles. The predicted molar refractivity (Wildman–Crippen MR) is 57.0 cm³/mol. The van der Waals surface area contributed by atoms with Crippen LogP contribution >= 0.6 is 0 Å². The number of nitrogens with one attached hydrogen (secondary N) is 1. The molecule has 0 heterocycles. The third kappa shape index (κ3) is 4.23. The Morgan fingerprint density at radius 1 is 1.58 bits per heavy atom. The summed E-state index contributed by atoms with van der Waals surface area (Å²) in [6.07, 6.45) is 0. The average Bonchev–Trinajstić information content (AvgIpc) is 2.01. The van der Waals surface area contributed by atoms with Gasteiger partial charge in [0.25, 0.3) is 0 Å². The number of hydrogen-bond acceptors (Lipinski definition) is 2. The van der Waals surface area contributed by atoms with Gasteiger partial charge in [-0.25, -0.2) is 0 Å². The first-order valence-electron chi connectivity index (χ1n) is 4.65. The van der Waals surface area contributed by atoms with Crippen LogP contribution in [0.15, 0.2) is 0 Å². The molecule has 1 radical (unpaired) electrons. The summed E-state index contributed by atoms with van der Waals surface area (Å²) in [5.74, 6) is 0. The van der Waals surface area contributed by atoms with Crippen molar-refractivity contribution in [1.82, 2.24) is 5.32 Å². The largest absolute Gasteiger partial charge is 0.424 e. The normalized spacial score (nSPS) is 15.8. The van der Waals surface area contributed by atoms with E-state index in [1.807, 2.05) is 0 Å². The Balaban J connectivity index is 3.81. The molecule has 0 saturated heterocycles. The van der Waals surface area contributed by atoms with E-state index in [1.165, 1.54) is 0 Å². The van der Waals surface area contributed by atoms with Crippen LogP contribution < -0.4 is 5.32 Å². The molecule has 1 atom stereocenters. The van der Waals surface area contributed by atoms with Crippen molar-refractivity contribution in [2.24, 2.45) is 0 Å². The Kier molecular flexibility index (Phi) is 5.79. The molecule has 12 heavy (non-hydrogen) atoms. The molecule has 0 saturated carbocycles. The minimum atomic E-state index is -0.419. The van der Waals surface area contributed by atoms with Crippen molar-refractivity contribution in [2.75, 3.05) is 13.2 Å². The maximum atomic E-state index is 5.54. The maximum absolute atomic E-state index is 5.54. The average molecular weight is 188 g/mol. The van der Waals surface area contributed by atoms with E-state index in [0.717, 1.165) is 13.2 Å². The minimum Gasteiger partial charge on any atom is -0.424 e. The van der Waals surface area contributed by atoms with Gasteiger partial charge < -0.3 is 9.74 Å². The zero-order valence-corrected chi connectivity index (χ0v) is 10.2. The summed E-state index contributed by atoms with van der Waals surface area (Å²) in [5.41, 5.74) is 0. The summed E-state index contributed by atoms with van der Waals surface area (Å²) in [6, 6.07) is 0.508. The molecule has 0 bridgehead atoms. The van der Waals surface area contributed by atoms with Crippen molar-refractivity contribution in [3.05, 3.63) is 6.92 Å². The van der Waals surface area contributed by atoms with Gasteiger partial charge in [-0.15, -0.1) is 0 Å². The molecular weight excluding hydrogens is 166 g/mol. The van der Waals surface area contributed by atoms with Crippen molar-refractivity contribution < 1.29 is 4.43 Å². The molecule has 0 aliphatic carbocycles. The zero-order valence-electron chi connectivity index (χ0n) is 8.81. The molecule has 0 rings (SSSR count). The SMILES string of the molecule is [CH2]CNC(C)C(C)(C)[SiH2]OCC. The lowest BCUT2D eigenvalue weighted by Crippen LogP contribution is -2.39. The Hall–Kier alpha value is 0.137. The Morgan fingerprint density at radius 3 is 2.58 bits per heavy atom. The van der Waals surface area contributed by atoms with Crippen LogP contribution in [0.2, 0.25) is 5.04 Å². The van der Waals surface area contributed by atoms with Gasteiger partial charge in [0.15, 0.2) is 9.76 Å². The molecule has 0 aromatic rings. The number of hydrogen-bond donors (Lipinski definition) is 1. The molecule has 3 heteroatoms. The van der Waals surface area contributed by atoms with Gasteiger partial charge in [0, 0.05) is 12.6 Å². The fourth-order valence-corrected chi connectivity index (χ4v) is 2.11. The van der Waals surface area contributed by atoms with Crippen LogP contribution in [0.25, 0.3) is 0 Å². The van der Waals surface area contributed by atoms with Gasteiger partial charge in [-0.1, -0.05) is 13.8 Å². The molecule has 73 valence electrons. The molecular formula is C9H22NOSi. The van der Waals surface area contributed by atoms with Crippen molar-refractivity contribution in [3.8, 4) is 0 Å². The quantitative estimate of drug-likeness (QED) is 0.631. The predicted octanol–water partition coefficient (Wildman–Crippen LogP) is 1.12. The molecule has 0 aliphatic rings. The lowest BCUT2D eigenvalue weighted by Gasteiger charge is -2.31. The van der Waals surface area contributed by atoms with E-state index >= 15 is 0 Å². The lowest BCUT2D eigenvalue weighted by atomic mass is 10.1. The second kappa shape index (κ2) is 5.73. The lowest BCUT2D eigenvalue weighted by molar-refractivity contribution is 0.321. The summed E-state index contributed by atoms with van der Waals surface area (Å²) in [7, 11) is -0.419. The van der Waals surface area contributed by atoms with Crippen LogP contribution in [0.1, 0.15) is 27.7 Å². The van der Waals surface area contributed by atoms with Gasteiger partial charge in [-0.3, -0.25) is 0 Å². The topological polar surface area (TPSA) is 21.3 Å². The second-order valence-electron chi connectivity index (χ2n) is 3.80. The summed E-state index contributed by atoms with van der Waals surface area (Å²) < 4.78 is 5.54. The van der Waals surface area contributed by atoms with E-state index in [1.54, 1.807) is 0 Å². The zero-order chi connectivity index (χ0) is 9.61. The Bertz CT molecular complexity index is 117. The highest BCUT2D eigenvalue weighted by molar-refractivity contribution is 6.32. The molecule has 0 aromatic heterocycles. The van der Waals surface area contributed by atoms with Crippen molar-refractivity contribution in [3.63, 3.8) is 0 Å². The van der Waals surface area contributed by atoms with Gasteiger partial charge in [0.05, 0.1) is 0 Å². The molecule has 1 N–H and O–H groups in total. The van der Waals surface area contributed by atoms with E-state index < -0.39 is 9.76 Å². The molecule has 0 amide bonds. The Labute approximate surface area is 79.0 Å². The third-order valence-corrected chi connectivity index (χ3v) is 4.27. The van der Waals surface area contributed by atoms with Crippen molar-refractivity contribution >= 4 is 9.76 Å². The molecule has 1 unspecified atom stereocenters. The van der Waals surface area contributed by atoms with E-state index in [0.29, 0.717) is 11.1 Å². The van der Waals surface area contributed by atoms with Gasteiger partial charge in [0.2, 0.25) is 0 Å². The summed E-state index contributed by atoms with van der Waals surface area (Å²) in [6.45, 7) is 14.2. The molecule has 2 nitrogen and oxygen atoms in total. The smallest absolute Gasteiger partial charge is 0.168 e. The van der Waals surface area contributed by atoms with Crippen LogP contribution in [-0.4, -0.2) is 29.0 Å². The third-order valence-electron chi connectivity index (χ3n) is 2.30. The van der Waals surface area contributed by atoms with Crippen LogP contribution in [0.5, 0.6) is 0 Å². The highest BCUT2D eigenvalue weighted by atomic mass is 28.2. The summed E-state index contributed by atoms with van der Waals surface area (Å²) in [5, 5.41) is 3.67. The standard InChI is InChI=1S/C9H22NOSi/c1-6-10-8(3)9(4,5)12-11-7-2/h8,10H,1,6-7,12H2,2-5H3. The maximum Gasteiger partial charge on any atom is 0.168 e. The highest BCUT2D eigenvalue weighted by Gasteiger charge is 2.25. The van der Waals surface area contributed by atoms with Crippen LogP contribution in [0, 0.1) is 6.92 Å². The Morgan fingerprint density at radius 2 is 2.17 bits per heavy atom. The first-order valence-corrected chi connectivity index (χ1v) is 5.93. The first kappa shape index (κ1) is 12.1. The van der Waals surface area contributed by atoms with Crippen molar-refractivity contribution in [1.29, 1.82) is 0 Å². The van der Waals surface area contributed by atoms with E-state index in [-0.39, 0.29) is 0 Å². The summed E-state index contributed by atoms with van der Waals surface area (Å²) >= 11 is 0. The van der Waals surface area contributed by atoms with E-state index in [9.17, 15) is 0 Å². The highest BCUT2D eigenvalue weighted by Crippen LogP contribution is 2.27. The second-order valence-corrected chi connectivity index (χ2v) is 6.32. The minimum absolute atomic E-state index is 0.327. The molecule has 0 spiro atoms. The fraction of sp³-hybridized carbons (Fsp3) is 0.889. The monoisotopic (exact) mass is 188 g/mol. The molecule has 0 aliphatic heterocycles. The fourth-order valence-electron chi connectivity index (χ4n) is 0.983. The molecule has 0 fully saturated rings. The van der Waals surface area contributed by atoms with E-state index in [4.69, 9.17) is 4.43 Å². The number of rotatable bonds is 6. The van der Waals surface area contributed by atoms with Crippen molar-refractivity contribution in [2.45, 2.75) is 38.8 Å². The van der Waals surface area contributed by atoms with Crippen LogP contribution in [0.3, 0.4) is 0 Å². The first-order chi connectivity index (χ1) is 5.54. The van der Waals surface area contributed by atoms with Crippen LogP contribution in [-0.2, 0) is 4.43 Å².